The molecule has 0 spiro atoms. The van der Waals surface area contributed by atoms with Crippen molar-refractivity contribution < 1.29 is 14.6 Å². The van der Waals surface area contributed by atoms with Crippen molar-refractivity contribution >= 4 is 11.7 Å². The minimum atomic E-state index is -0.726. The molecule has 0 heterocycles. The van der Waals surface area contributed by atoms with E-state index in [0.717, 1.165) is 30.0 Å². The van der Waals surface area contributed by atoms with Crippen molar-refractivity contribution in [2.24, 2.45) is 5.92 Å². The van der Waals surface area contributed by atoms with Gasteiger partial charge in [0.1, 0.15) is 11.5 Å². The predicted octanol–water partition coefficient (Wildman–Crippen LogP) is 3.75. The number of carboxylic acid groups (broad SMARTS) is 1. The molecular weight excluding hydrogens is 266 g/mol. The molecule has 0 aromatic heterocycles. The van der Waals surface area contributed by atoms with Gasteiger partial charge in [0.05, 0.1) is 5.92 Å². The van der Waals surface area contributed by atoms with Crippen LogP contribution in [0.25, 0.3) is 0 Å². The van der Waals surface area contributed by atoms with Gasteiger partial charge in [-0.25, -0.2) is 0 Å². The van der Waals surface area contributed by atoms with Crippen LogP contribution in [-0.2, 0) is 4.79 Å². The highest BCUT2D eigenvalue weighted by Gasteiger charge is 2.36. The van der Waals surface area contributed by atoms with E-state index in [1.165, 1.54) is 0 Å². The molecule has 2 aromatic rings. The van der Waals surface area contributed by atoms with Gasteiger partial charge < -0.3 is 15.2 Å². The Kier molecular flexibility index (Phi) is 3.77. The zero-order valence-corrected chi connectivity index (χ0v) is 11.5. The highest BCUT2D eigenvalue weighted by molar-refractivity contribution is 5.73. The van der Waals surface area contributed by atoms with Crippen LogP contribution in [0.5, 0.6) is 11.5 Å². The first kappa shape index (κ1) is 13.5. The van der Waals surface area contributed by atoms with Crippen molar-refractivity contribution in [2.45, 2.75) is 18.9 Å². The van der Waals surface area contributed by atoms with Gasteiger partial charge in [-0.3, -0.25) is 4.79 Å². The third kappa shape index (κ3) is 3.16. The summed E-state index contributed by atoms with van der Waals surface area (Å²) in [7, 11) is 0. The molecule has 0 bridgehead atoms. The van der Waals surface area contributed by atoms with Gasteiger partial charge in [0.25, 0.3) is 0 Å². The van der Waals surface area contributed by atoms with E-state index in [9.17, 15) is 4.79 Å². The summed E-state index contributed by atoms with van der Waals surface area (Å²) in [5.74, 6) is 0.498. The van der Waals surface area contributed by atoms with Gasteiger partial charge in [0.15, 0.2) is 0 Å². The zero-order valence-electron chi connectivity index (χ0n) is 11.5. The second kappa shape index (κ2) is 5.87. The van der Waals surface area contributed by atoms with Crippen molar-refractivity contribution in [3.8, 4) is 11.5 Å². The summed E-state index contributed by atoms with van der Waals surface area (Å²) in [6.07, 6.45) is 1.63. The first-order valence-corrected chi connectivity index (χ1v) is 7.05. The van der Waals surface area contributed by atoms with Crippen LogP contribution in [-0.4, -0.2) is 17.1 Å². The van der Waals surface area contributed by atoms with Crippen molar-refractivity contribution in [1.29, 1.82) is 0 Å². The third-order valence-corrected chi connectivity index (χ3v) is 3.76. The fourth-order valence-electron chi connectivity index (χ4n) is 2.46. The maximum Gasteiger partial charge on any atom is 0.308 e. The maximum atomic E-state index is 11.0. The Labute approximate surface area is 123 Å². The lowest BCUT2D eigenvalue weighted by molar-refractivity contribution is -0.144. The standard InChI is InChI=1S/C17H17NO3/c19-17(20)15-9-10-16(15)18-12-5-4-8-14(11-12)21-13-6-2-1-3-7-13/h1-8,11,15-16,18H,9-10H2,(H,19,20). The van der Waals surface area contributed by atoms with E-state index < -0.39 is 5.97 Å². The van der Waals surface area contributed by atoms with Crippen LogP contribution >= 0.6 is 0 Å². The summed E-state index contributed by atoms with van der Waals surface area (Å²) in [6.45, 7) is 0. The Balaban J connectivity index is 1.67. The monoisotopic (exact) mass is 283 g/mol. The molecule has 0 saturated heterocycles. The molecule has 1 fully saturated rings. The Bertz CT molecular complexity index is 627. The molecule has 3 rings (SSSR count). The van der Waals surface area contributed by atoms with Gasteiger partial charge in [-0.15, -0.1) is 0 Å². The van der Waals surface area contributed by atoms with Crippen LogP contribution in [0, 0.1) is 5.92 Å². The fourth-order valence-corrected chi connectivity index (χ4v) is 2.46. The summed E-state index contributed by atoms with van der Waals surface area (Å²) in [5.41, 5.74) is 0.888. The van der Waals surface area contributed by atoms with Crippen LogP contribution in [0.2, 0.25) is 0 Å². The quantitative estimate of drug-likeness (QED) is 0.877. The number of aliphatic carboxylic acids is 1. The Morgan fingerprint density at radius 1 is 1.05 bits per heavy atom. The van der Waals surface area contributed by atoms with Gasteiger partial charge in [0, 0.05) is 17.8 Å². The van der Waals surface area contributed by atoms with E-state index in [-0.39, 0.29) is 12.0 Å². The minimum Gasteiger partial charge on any atom is -0.481 e. The number of para-hydroxylation sites is 1. The first-order chi connectivity index (χ1) is 10.2. The number of carbonyl (C=O) groups is 1. The minimum absolute atomic E-state index is 0.00877. The number of nitrogens with one attached hydrogen (secondary N) is 1. The number of hydrogen-bond acceptors (Lipinski definition) is 3. The highest BCUT2D eigenvalue weighted by Crippen LogP contribution is 2.32. The number of hydrogen-bond donors (Lipinski definition) is 2. The molecule has 0 amide bonds. The zero-order chi connectivity index (χ0) is 14.7. The lowest BCUT2D eigenvalue weighted by Crippen LogP contribution is -2.42. The lowest BCUT2D eigenvalue weighted by Gasteiger charge is -2.34. The lowest BCUT2D eigenvalue weighted by atomic mass is 9.79. The molecule has 1 saturated carbocycles. The van der Waals surface area contributed by atoms with Crippen LogP contribution < -0.4 is 10.1 Å². The summed E-state index contributed by atoms with van der Waals surface area (Å²) in [6, 6.07) is 17.2. The number of rotatable bonds is 5. The Morgan fingerprint density at radius 3 is 2.48 bits per heavy atom. The topological polar surface area (TPSA) is 58.6 Å². The molecule has 1 aliphatic carbocycles. The molecule has 2 N–H and O–H groups in total. The maximum absolute atomic E-state index is 11.0. The fraction of sp³-hybridized carbons (Fsp3) is 0.235. The molecule has 2 atom stereocenters. The van der Waals surface area contributed by atoms with Crippen molar-refractivity contribution in [3.05, 3.63) is 54.6 Å². The van der Waals surface area contributed by atoms with Gasteiger partial charge in [-0.2, -0.15) is 0 Å². The van der Waals surface area contributed by atoms with Crippen molar-refractivity contribution in [3.63, 3.8) is 0 Å². The average Bonchev–Trinajstić information content (AvgIpc) is 2.44. The molecular formula is C17H17NO3. The van der Waals surface area contributed by atoms with Gasteiger partial charge >= 0.3 is 5.97 Å². The first-order valence-electron chi connectivity index (χ1n) is 7.05. The summed E-state index contributed by atoms with van der Waals surface area (Å²) in [5, 5.41) is 12.3. The molecule has 0 radical (unpaired) electrons. The molecule has 1 aliphatic rings. The second-order valence-electron chi connectivity index (χ2n) is 5.22. The van der Waals surface area contributed by atoms with E-state index in [1.54, 1.807) is 0 Å². The molecule has 4 nitrogen and oxygen atoms in total. The summed E-state index contributed by atoms with van der Waals surface area (Å²) in [4.78, 5) is 11.0. The summed E-state index contributed by atoms with van der Waals surface area (Å²) < 4.78 is 5.77. The van der Waals surface area contributed by atoms with E-state index in [0.29, 0.717) is 0 Å². The highest BCUT2D eigenvalue weighted by atomic mass is 16.5. The average molecular weight is 283 g/mol. The van der Waals surface area contributed by atoms with Crippen LogP contribution in [0.15, 0.2) is 54.6 Å². The van der Waals surface area contributed by atoms with Gasteiger partial charge in [-0.1, -0.05) is 24.3 Å². The Morgan fingerprint density at radius 2 is 1.81 bits per heavy atom. The predicted molar refractivity (Wildman–Crippen MR) is 80.7 cm³/mol. The smallest absolute Gasteiger partial charge is 0.308 e. The number of ether oxygens (including phenoxy) is 1. The largest absolute Gasteiger partial charge is 0.481 e. The number of anilines is 1. The molecule has 21 heavy (non-hydrogen) atoms. The van der Waals surface area contributed by atoms with Gasteiger partial charge in [-0.05, 0) is 37.1 Å². The van der Waals surface area contributed by atoms with E-state index in [4.69, 9.17) is 9.84 Å². The molecule has 2 aromatic carbocycles. The number of carboxylic acids is 1. The van der Waals surface area contributed by atoms with Crippen LogP contribution in [0.4, 0.5) is 5.69 Å². The van der Waals surface area contributed by atoms with Gasteiger partial charge in [0.2, 0.25) is 0 Å². The van der Waals surface area contributed by atoms with E-state index >= 15 is 0 Å². The SMILES string of the molecule is O=C(O)C1CCC1Nc1cccc(Oc2ccccc2)c1. The van der Waals surface area contributed by atoms with E-state index in [2.05, 4.69) is 5.32 Å². The van der Waals surface area contributed by atoms with E-state index in [1.807, 2.05) is 54.6 Å². The molecule has 108 valence electrons. The third-order valence-electron chi connectivity index (χ3n) is 3.76. The van der Waals surface area contributed by atoms with Crippen LogP contribution in [0.1, 0.15) is 12.8 Å². The Hall–Kier alpha value is -2.49. The van der Waals surface area contributed by atoms with Crippen LogP contribution in [0.3, 0.4) is 0 Å². The van der Waals surface area contributed by atoms with Crippen molar-refractivity contribution in [1.82, 2.24) is 0 Å². The molecule has 4 heteroatoms. The van der Waals surface area contributed by atoms with Crippen molar-refractivity contribution in [2.75, 3.05) is 5.32 Å². The number of benzene rings is 2. The molecule has 0 aliphatic heterocycles. The molecule has 2 unspecified atom stereocenters. The summed E-state index contributed by atoms with van der Waals surface area (Å²) >= 11 is 0. The normalized spacial score (nSPS) is 20.4. The second-order valence-corrected chi connectivity index (χ2v) is 5.22.